The first-order valence-electron chi connectivity index (χ1n) is 7.42. The SMILES string of the molecule is Cc1csc2c(=O)n(CCCNC3CCCC3)cnc12. The first-order valence-corrected chi connectivity index (χ1v) is 8.30. The molecule has 0 amide bonds. The van der Waals surface area contributed by atoms with Gasteiger partial charge in [0.25, 0.3) is 5.56 Å². The van der Waals surface area contributed by atoms with Gasteiger partial charge in [0.15, 0.2) is 0 Å². The molecule has 2 aromatic rings. The van der Waals surface area contributed by atoms with Crippen molar-refractivity contribution in [3.05, 3.63) is 27.6 Å². The van der Waals surface area contributed by atoms with Crippen molar-refractivity contribution in [1.82, 2.24) is 14.9 Å². The second-order valence-corrected chi connectivity index (χ2v) is 6.51. The minimum atomic E-state index is 0.106. The maximum atomic E-state index is 12.3. The molecule has 0 bridgehead atoms. The smallest absolute Gasteiger partial charge is 0.271 e. The van der Waals surface area contributed by atoms with Crippen LogP contribution in [0.4, 0.5) is 0 Å². The zero-order chi connectivity index (χ0) is 13.9. The Labute approximate surface area is 122 Å². The van der Waals surface area contributed by atoms with Crippen molar-refractivity contribution in [3.63, 3.8) is 0 Å². The van der Waals surface area contributed by atoms with Crippen molar-refractivity contribution in [2.75, 3.05) is 6.54 Å². The molecule has 5 heteroatoms. The number of nitrogens with one attached hydrogen (secondary N) is 1. The monoisotopic (exact) mass is 291 g/mol. The molecule has 2 aromatic heterocycles. The van der Waals surface area contributed by atoms with E-state index in [0.29, 0.717) is 6.04 Å². The van der Waals surface area contributed by atoms with Crippen LogP contribution in [0.25, 0.3) is 10.2 Å². The number of hydrogen-bond acceptors (Lipinski definition) is 4. The summed E-state index contributed by atoms with van der Waals surface area (Å²) >= 11 is 1.50. The number of thiophene rings is 1. The Hall–Kier alpha value is -1.20. The highest BCUT2D eigenvalue weighted by atomic mass is 32.1. The number of fused-ring (bicyclic) bond motifs is 1. The van der Waals surface area contributed by atoms with Crippen molar-refractivity contribution in [1.29, 1.82) is 0 Å². The van der Waals surface area contributed by atoms with Gasteiger partial charge in [0.2, 0.25) is 0 Å². The fraction of sp³-hybridized carbons (Fsp3) is 0.600. The molecule has 0 radical (unpaired) electrons. The average molecular weight is 291 g/mol. The topological polar surface area (TPSA) is 46.9 Å². The van der Waals surface area contributed by atoms with Crippen molar-refractivity contribution in [2.24, 2.45) is 0 Å². The second-order valence-electron chi connectivity index (χ2n) is 5.63. The van der Waals surface area contributed by atoms with Gasteiger partial charge in [-0.25, -0.2) is 4.98 Å². The summed E-state index contributed by atoms with van der Waals surface area (Å²) in [5, 5.41) is 5.58. The summed E-state index contributed by atoms with van der Waals surface area (Å²) in [7, 11) is 0. The molecule has 3 rings (SSSR count). The molecule has 0 atom stereocenters. The minimum absolute atomic E-state index is 0.106. The van der Waals surface area contributed by atoms with Gasteiger partial charge in [-0.2, -0.15) is 0 Å². The first kappa shape index (κ1) is 13.8. The van der Waals surface area contributed by atoms with Crippen LogP contribution < -0.4 is 10.9 Å². The summed E-state index contributed by atoms with van der Waals surface area (Å²) < 4.78 is 2.53. The molecule has 0 unspecified atom stereocenters. The maximum absolute atomic E-state index is 12.3. The van der Waals surface area contributed by atoms with Crippen LogP contribution in [0, 0.1) is 6.92 Å². The average Bonchev–Trinajstić information content (AvgIpc) is 3.08. The summed E-state index contributed by atoms with van der Waals surface area (Å²) in [6.45, 7) is 3.73. The van der Waals surface area contributed by atoms with Gasteiger partial charge in [0.05, 0.1) is 11.8 Å². The molecule has 1 saturated carbocycles. The lowest BCUT2D eigenvalue weighted by Crippen LogP contribution is -2.28. The van der Waals surface area contributed by atoms with E-state index in [1.807, 2.05) is 12.3 Å². The van der Waals surface area contributed by atoms with Gasteiger partial charge in [-0.05, 0) is 43.7 Å². The van der Waals surface area contributed by atoms with Gasteiger partial charge in [-0.3, -0.25) is 9.36 Å². The van der Waals surface area contributed by atoms with E-state index in [0.717, 1.165) is 35.3 Å². The number of hydrogen-bond donors (Lipinski definition) is 1. The summed E-state index contributed by atoms with van der Waals surface area (Å²) in [5.41, 5.74) is 2.06. The molecular weight excluding hydrogens is 270 g/mol. The van der Waals surface area contributed by atoms with Crippen LogP contribution >= 0.6 is 11.3 Å². The largest absolute Gasteiger partial charge is 0.314 e. The van der Waals surface area contributed by atoms with Gasteiger partial charge >= 0.3 is 0 Å². The van der Waals surface area contributed by atoms with Crippen LogP contribution in [-0.2, 0) is 6.54 Å². The van der Waals surface area contributed by atoms with Crippen molar-refractivity contribution < 1.29 is 0 Å². The van der Waals surface area contributed by atoms with E-state index in [4.69, 9.17) is 0 Å². The Kier molecular flexibility index (Phi) is 4.17. The third kappa shape index (κ3) is 2.79. The fourth-order valence-corrected chi connectivity index (χ4v) is 3.85. The van der Waals surface area contributed by atoms with Crippen molar-refractivity contribution >= 4 is 21.6 Å². The van der Waals surface area contributed by atoms with Crippen molar-refractivity contribution in [2.45, 2.75) is 51.6 Å². The van der Waals surface area contributed by atoms with E-state index in [2.05, 4.69) is 10.3 Å². The highest BCUT2D eigenvalue weighted by Crippen LogP contribution is 2.19. The Morgan fingerprint density at radius 2 is 2.25 bits per heavy atom. The van der Waals surface area contributed by atoms with Gasteiger partial charge < -0.3 is 5.32 Å². The number of aromatic nitrogens is 2. The van der Waals surface area contributed by atoms with Crippen LogP contribution in [0.15, 0.2) is 16.5 Å². The van der Waals surface area contributed by atoms with E-state index in [1.165, 1.54) is 37.0 Å². The molecule has 1 aliphatic carbocycles. The van der Waals surface area contributed by atoms with Crippen LogP contribution in [0.3, 0.4) is 0 Å². The highest BCUT2D eigenvalue weighted by molar-refractivity contribution is 7.17. The van der Waals surface area contributed by atoms with E-state index in [1.54, 1.807) is 10.9 Å². The normalized spacial score (nSPS) is 16.2. The molecule has 1 N–H and O–H groups in total. The standard InChI is InChI=1S/C15H21N3OS/c1-11-9-20-14-13(11)17-10-18(15(14)19)8-4-7-16-12-5-2-3-6-12/h9-10,12,16H,2-8H2,1H3. The Bertz CT molecular complexity index is 640. The molecule has 0 spiro atoms. The minimum Gasteiger partial charge on any atom is -0.314 e. The van der Waals surface area contributed by atoms with E-state index in [9.17, 15) is 4.79 Å². The van der Waals surface area contributed by atoms with Crippen LogP contribution in [0.1, 0.15) is 37.7 Å². The van der Waals surface area contributed by atoms with Crippen LogP contribution in [-0.4, -0.2) is 22.1 Å². The van der Waals surface area contributed by atoms with Gasteiger partial charge in [0.1, 0.15) is 4.70 Å². The maximum Gasteiger partial charge on any atom is 0.271 e. The molecule has 1 fully saturated rings. The van der Waals surface area contributed by atoms with Crippen LogP contribution in [0.5, 0.6) is 0 Å². The molecule has 4 nitrogen and oxygen atoms in total. The number of aryl methyl sites for hydroxylation is 2. The van der Waals surface area contributed by atoms with E-state index < -0.39 is 0 Å². The molecule has 0 aliphatic heterocycles. The van der Waals surface area contributed by atoms with Crippen LogP contribution in [0.2, 0.25) is 0 Å². The molecule has 20 heavy (non-hydrogen) atoms. The fourth-order valence-electron chi connectivity index (χ4n) is 2.91. The number of nitrogens with zero attached hydrogens (tertiary/aromatic N) is 2. The predicted octanol–water partition coefficient (Wildman–Crippen LogP) is 2.69. The zero-order valence-electron chi connectivity index (χ0n) is 11.9. The van der Waals surface area contributed by atoms with E-state index >= 15 is 0 Å². The number of rotatable bonds is 5. The lowest BCUT2D eigenvalue weighted by Gasteiger charge is -2.11. The Morgan fingerprint density at radius 3 is 3.05 bits per heavy atom. The first-order chi connectivity index (χ1) is 9.75. The molecule has 108 valence electrons. The molecular formula is C15H21N3OS. The molecule has 0 saturated heterocycles. The molecule has 1 aliphatic rings. The quantitative estimate of drug-likeness (QED) is 0.862. The summed E-state index contributed by atoms with van der Waals surface area (Å²) in [6, 6.07) is 0.701. The Morgan fingerprint density at radius 1 is 1.45 bits per heavy atom. The lowest BCUT2D eigenvalue weighted by atomic mass is 10.2. The van der Waals surface area contributed by atoms with Crippen molar-refractivity contribution in [3.8, 4) is 0 Å². The third-order valence-corrected chi connectivity index (χ3v) is 5.16. The zero-order valence-corrected chi connectivity index (χ0v) is 12.7. The second kappa shape index (κ2) is 6.06. The van der Waals surface area contributed by atoms with Gasteiger partial charge in [-0.15, -0.1) is 11.3 Å². The van der Waals surface area contributed by atoms with Gasteiger partial charge in [-0.1, -0.05) is 12.8 Å². The van der Waals surface area contributed by atoms with E-state index in [-0.39, 0.29) is 5.56 Å². The lowest BCUT2D eigenvalue weighted by molar-refractivity contribution is 0.491. The third-order valence-electron chi connectivity index (χ3n) is 4.09. The van der Waals surface area contributed by atoms with Gasteiger partial charge in [0, 0.05) is 12.6 Å². The summed E-state index contributed by atoms with van der Waals surface area (Å²) in [4.78, 5) is 16.7. The highest BCUT2D eigenvalue weighted by Gasteiger charge is 2.13. The summed E-state index contributed by atoms with van der Waals surface area (Å²) in [5.74, 6) is 0. The Balaban J connectivity index is 1.60. The molecule has 0 aromatic carbocycles. The molecule has 2 heterocycles. The summed E-state index contributed by atoms with van der Waals surface area (Å²) in [6.07, 6.45) is 8.00. The predicted molar refractivity (Wildman–Crippen MR) is 83.5 cm³/mol.